The number of hydrogen-bond acceptors (Lipinski definition) is 3. The number of anilines is 1. The molecule has 1 fully saturated rings. The smallest absolute Gasteiger partial charge is 0.241 e. The summed E-state index contributed by atoms with van der Waals surface area (Å²) in [5.74, 6) is 0.0478. The molecule has 1 amide bonds. The fraction of sp³-hybridized carbons (Fsp3) is 0.278. The Bertz CT molecular complexity index is 663. The van der Waals surface area contributed by atoms with Crippen molar-refractivity contribution in [3.8, 4) is 0 Å². The molecule has 0 aliphatic carbocycles. The standard InChI is InChI=1S/C18H19ClN2O2/c19-15-7-4-8-17(9-15)21-11-16(20-10-18(21)22)13-23-12-14-5-2-1-3-6-14/h1-9,16,20H,10-13H2/t16-/m1/s1. The molecule has 23 heavy (non-hydrogen) atoms. The predicted octanol–water partition coefficient (Wildman–Crippen LogP) is 2.86. The van der Waals surface area contributed by atoms with Crippen molar-refractivity contribution in [2.24, 2.45) is 0 Å². The van der Waals surface area contributed by atoms with E-state index in [4.69, 9.17) is 16.3 Å². The van der Waals surface area contributed by atoms with Crippen LogP contribution in [0.3, 0.4) is 0 Å². The molecule has 4 nitrogen and oxygen atoms in total. The minimum absolute atomic E-state index is 0.0478. The number of carbonyl (C=O) groups is 1. The lowest BCUT2D eigenvalue weighted by Gasteiger charge is -2.33. The molecule has 1 N–H and O–H groups in total. The molecule has 1 saturated heterocycles. The molecule has 0 unspecified atom stereocenters. The Morgan fingerprint density at radius 3 is 2.78 bits per heavy atom. The fourth-order valence-corrected chi connectivity index (χ4v) is 2.80. The van der Waals surface area contributed by atoms with Gasteiger partial charge in [-0.1, -0.05) is 48.0 Å². The molecule has 0 aromatic heterocycles. The van der Waals surface area contributed by atoms with Crippen LogP contribution in [0.25, 0.3) is 0 Å². The largest absolute Gasteiger partial charge is 0.375 e. The van der Waals surface area contributed by atoms with E-state index in [1.54, 1.807) is 11.0 Å². The molecule has 5 heteroatoms. The van der Waals surface area contributed by atoms with Gasteiger partial charge in [-0.25, -0.2) is 0 Å². The van der Waals surface area contributed by atoms with Crippen molar-refractivity contribution in [3.05, 3.63) is 65.2 Å². The molecule has 1 aliphatic heterocycles. The van der Waals surface area contributed by atoms with Gasteiger partial charge in [-0.3, -0.25) is 4.79 Å². The van der Waals surface area contributed by atoms with Gasteiger partial charge in [0, 0.05) is 23.3 Å². The molecule has 2 aromatic carbocycles. The Morgan fingerprint density at radius 1 is 1.17 bits per heavy atom. The Labute approximate surface area is 141 Å². The molecular formula is C18H19ClN2O2. The lowest BCUT2D eigenvalue weighted by atomic mass is 10.2. The van der Waals surface area contributed by atoms with Gasteiger partial charge < -0.3 is 15.0 Å². The molecule has 1 aliphatic rings. The van der Waals surface area contributed by atoms with Crippen LogP contribution in [0, 0.1) is 0 Å². The van der Waals surface area contributed by atoms with Gasteiger partial charge in [0.15, 0.2) is 0 Å². The molecule has 120 valence electrons. The molecule has 2 aromatic rings. The highest BCUT2D eigenvalue weighted by Crippen LogP contribution is 2.21. The zero-order valence-corrected chi connectivity index (χ0v) is 13.5. The van der Waals surface area contributed by atoms with Crippen molar-refractivity contribution in [1.82, 2.24) is 5.32 Å². The van der Waals surface area contributed by atoms with Crippen molar-refractivity contribution in [2.75, 3.05) is 24.6 Å². The summed E-state index contributed by atoms with van der Waals surface area (Å²) < 4.78 is 5.78. The molecule has 1 atom stereocenters. The van der Waals surface area contributed by atoms with Crippen LogP contribution in [0.1, 0.15) is 5.56 Å². The third-order valence-electron chi connectivity index (χ3n) is 3.80. The zero-order chi connectivity index (χ0) is 16.1. The normalized spacial score (nSPS) is 18.2. The van der Waals surface area contributed by atoms with Gasteiger partial charge in [0.05, 0.1) is 19.8 Å². The summed E-state index contributed by atoms with van der Waals surface area (Å²) in [4.78, 5) is 13.9. The van der Waals surface area contributed by atoms with E-state index < -0.39 is 0 Å². The van der Waals surface area contributed by atoms with E-state index in [1.807, 2.05) is 48.5 Å². The minimum Gasteiger partial charge on any atom is -0.375 e. The first-order valence-electron chi connectivity index (χ1n) is 7.63. The summed E-state index contributed by atoms with van der Waals surface area (Å²) in [6.45, 7) is 2.02. The Morgan fingerprint density at radius 2 is 2.00 bits per heavy atom. The average molecular weight is 331 g/mol. The van der Waals surface area contributed by atoms with Crippen LogP contribution in [0.5, 0.6) is 0 Å². The lowest BCUT2D eigenvalue weighted by molar-refractivity contribution is -0.119. The van der Waals surface area contributed by atoms with Crippen LogP contribution in [-0.2, 0) is 16.1 Å². The fourth-order valence-electron chi connectivity index (χ4n) is 2.61. The lowest BCUT2D eigenvalue weighted by Crippen LogP contribution is -2.55. The first-order valence-corrected chi connectivity index (χ1v) is 8.01. The maximum atomic E-state index is 12.1. The quantitative estimate of drug-likeness (QED) is 0.916. The van der Waals surface area contributed by atoms with Crippen molar-refractivity contribution >= 4 is 23.2 Å². The van der Waals surface area contributed by atoms with Gasteiger partial charge in [-0.15, -0.1) is 0 Å². The summed E-state index contributed by atoms with van der Waals surface area (Å²) in [5, 5.41) is 3.85. The number of amides is 1. The SMILES string of the molecule is O=C1CN[C@@H](COCc2ccccc2)CN1c1cccc(Cl)c1. The van der Waals surface area contributed by atoms with E-state index in [0.717, 1.165) is 11.3 Å². The highest BCUT2D eigenvalue weighted by Gasteiger charge is 2.26. The Kier molecular flexibility index (Phi) is 5.28. The summed E-state index contributed by atoms with van der Waals surface area (Å²) in [6, 6.07) is 17.5. The number of carbonyl (C=O) groups excluding carboxylic acids is 1. The maximum Gasteiger partial charge on any atom is 0.241 e. The number of benzene rings is 2. The molecule has 0 saturated carbocycles. The molecule has 0 radical (unpaired) electrons. The van der Waals surface area contributed by atoms with Crippen LogP contribution in [0.15, 0.2) is 54.6 Å². The van der Waals surface area contributed by atoms with Gasteiger partial charge >= 0.3 is 0 Å². The first kappa shape index (κ1) is 16.0. The van der Waals surface area contributed by atoms with E-state index in [0.29, 0.717) is 31.3 Å². The van der Waals surface area contributed by atoms with Crippen molar-refractivity contribution in [2.45, 2.75) is 12.6 Å². The summed E-state index contributed by atoms with van der Waals surface area (Å²) >= 11 is 6.02. The van der Waals surface area contributed by atoms with Gasteiger partial charge in [0.2, 0.25) is 5.91 Å². The third kappa shape index (κ3) is 4.32. The van der Waals surface area contributed by atoms with E-state index in [2.05, 4.69) is 5.32 Å². The second kappa shape index (κ2) is 7.59. The maximum absolute atomic E-state index is 12.1. The van der Waals surface area contributed by atoms with Crippen LogP contribution >= 0.6 is 11.6 Å². The highest BCUT2D eigenvalue weighted by atomic mass is 35.5. The van der Waals surface area contributed by atoms with Gasteiger partial charge in [-0.05, 0) is 23.8 Å². The number of nitrogens with one attached hydrogen (secondary N) is 1. The number of nitrogens with zero attached hydrogens (tertiary/aromatic N) is 1. The molecule has 0 spiro atoms. The molecule has 0 bridgehead atoms. The zero-order valence-electron chi connectivity index (χ0n) is 12.7. The Hall–Kier alpha value is -1.88. The molecule has 3 rings (SSSR count). The summed E-state index contributed by atoms with van der Waals surface area (Å²) in [5.41, 5.74) is 1.98. The van der Waals surface area contributed by atoms with E-state index in [9.17, 15) is 4.79 Å². The first-order chi connectivity index (χ1) is 11.2. The van der Waals surface area contributed by atoms with Crippen molar-refractivity contribution in [3.63, 3.8) is 0 Å². The van der Waals surface area contributed by atoms with E-state index in [1.165, 1.54) is 0 Å². The van der Waals surface area contributed by atoms with E-state index in [-0.39, 0.29) is 11.9 Å². The second-order valence-corrected chi connectivity index (χ2v) is 6.00. The predicted molar refractivity (Wildman–Crippen MR) is 91.7 cm³/mol. The topological polar surface area (TPSA) is 41.6 Å². The van der Waals surface area contributed by atoms with Crippen LogP contribution in [-0.4, -0.2) is 31.6 Å². The van der Waals surface area contributed by atoms with Crippen LogP contribution in [0.2, 0.25) is 5.02 Å². The van der Waals surface area contributed by atoms with Crippen molar-refractivity contribution in [1.29, 1.82) is 0 Å². The van der Waals surface area contributed by atoms with Gasteiger partial charge in [0.25, 0.3) is 0 Å². The number of piperazine rings is 1. The summed E-state index contributed by atoms with van der Waals surface area (Å²) in [7, 11) is 0. The second-order valence-electron chi connectivity index (χ2n) is 5.56. The number of rotatable bonds is 5. The van der Waals surface area contributed by atoms with Gasteiger partial charge in [-0.2, -0.15) is 0 Å². The van der Waals surface area contributed by atoms with Gasteiger partial charge in [0.1, 0.15) is 0 Å². The van der Waals surface area contributed by atoms with Crippen LogP contribution < -0.4 is 10.2 Å². The monoisotopic (exact) mass is 330 g/mol. The Balaban J connectivity index is 1.56. The van der Waals surface area contributed by atoms with Crippen LogP contribution in [0.4, 0.5) is 5.69 Å². The molecule has 1 heterocycles. The third-order valence-corrected chi connectivity index (χ3v) is 4.03. The average Bonchev–Trinajstić information content (AvgIpc) is 2.57. The highest BCUT2D eigenvalue weighted by molar-refractivity contribution is 6.30. The molecular weight excluding hydrogens is 312 g/mol. The van der Waals surface area contributed by atoms with E-state index >= 15 is 0 Å². The number of ether oxygens (including phenoxy) is 1. The summed E-state index contributed by atoms with van der Waals surface area (Å²) in [6.07, 6.45) is 0. The van der Waals surface area contributed by atoms with Crippen molar-refractivity contribution < 1.29 is 9.53 Å². The number of halogens is 1. The minimum atomic E-state index is 0.0478. The number of hydrogen-bond donors (Lipinski definition) is 1.